The number of methoxy groups -OCH3 is 2. The van der Waals surface area contributed by atoms with E-state index in [4.69, 9.17) is 14.7 Å². The van der Waals surface area contributed by atoms with Crippen LogP contribution in [-0.2, 0) is 6.54 Å². The highest BCUT2D eigenvalue weighted by atomic mass is 32.2. The van der Waals surface area contributed by atoms with E-state index >= 15 is 0 Å². The number of nitriles is 1. The Balaban J connectivity index is 2.85. The van der Waals surface area contributed by atoms with Gasteiger partial charge in [0, 0.05) is 25.1 Å². The average Bonchev–Trinajstić information content (AvgIpc) is 2.42. The molecular weight excluding hydrogens is 248 g/mol. The summed E-state index contributed by atoms with van der Waals surface area (Å²) in [5, 5.41) is 11.7. The van der Waals surface area contributed by atoms with Crippen LogP contribution in [0.3, 0.4) is 0 Å². The Morgan fingerprint density at radius 1 is 1.28 bits per heavy atom. The topological polar surface area (TPSA) is 54.3 Å². The third-order valence-corrected chi connectivity index (χ3v) is 3.27. The van der Waals surface area contributed by atoms with Crippen LogP contribution in [-0.4, -0.2) is 27.0 Å². The number of nitrogens with zero attached hydrogens (tertiary/aromatic N) is 1. The molecule has 0 aliphatic carbocycles. The highest BCUT2D eigenvalue weighted by Crippen LogP contribution is 2.34. The molecule has 0 aliphatic heterocycles. The summed E-state index contributed by atoms with van der Waals surface area (Å²) in [6.07, 6.45) is 2.50. The summed E-state index contributed by atoms with van der Waals surface area (Å²) in [5.41, 5.74) is 1.03. The lowest BCUT2D eigenvalue weighted by molar-refractivity contribution is 0.389. The van der Waals surface area contributed by atoms with Crippen molar-refractivity contribution in [2.45, 2.75) is 17.9 Å². The first kappa shape index (κ1) is 14.7. The van der Waals surface area contributed by atoms with Crippen LogP contribution in [0.5, 0.6) is 11.5 Å². The van der Waals surface area contributed by atoms with Crippen LogP contribution in [0.2, 0.25) is 0 Å². The van der Waals surface area contributed by atoms with E-state index in [9.17, 15) is 0 Å². The molecule has 0 aliphatic rings. The molecule has 1 aromatic rings. The number of nitrogens with one attached hydrogen (secondary N) is 1. The van der Waals surface area contributed by atoms with Crippen molar-refractivity contribution in [1.29, 1.82) is 5.26 Å². The van der Waals surface area contributed by atoms with Gasteiger partial charge in [-0.25, -0.2) is 0 Å². The fraction of sp³-hybridized carbons (Fsp3) is 0.462. The van der Waals surface area contributed by atoms with E-state index < -0.39 is 0 Å². The summed E-state index contributed by atoms with van der Waals surface area (Å²) in [5.74, 6) is 1.69. The number of thioether (sulfide) groups is 1. The van der Waals surface area contributed by atoms with Gasteiger partial charge in [-0.05, 0) is 18.4 Å². The van der Waals surface area contributed by atoms with Gasteiger partial charge in [0.15, 0.2) is 0 Å². The second-order valence-corrected chi connectivity index (χ2v) is 4.45. The summed E-state index contributed by atoms with van der Waals surface area (Å²) in [6, 6.07) is 6.05. The van der Waals surface area contributed by atoms with Crippen molar-refractivity contribution in [1.82, 2.24) is 5.32 Å². The average molecular weight is 266 g/mol. The molecule has 98 valence electrons. The SMILES string of the molecule is COc1cc(SC)c(OC)cc1CNCCC#N. The first-order valence-corrected chi connectivity index (χ1v) is 6.85. The van der Waals surface area contributed by atoms with Crippen LogP contribution in [0.4, 0.5) is 0 Å². The second-order valence-electron chi connectivity index (χ2n) is 3.60. The molecule has 1 aromatic carbocycles. The van der Waals surface area contributed by atoms with Gasteiger partial charge < -0.3 is 14.8 Å². The lowest BCUT2D eigenvalue weighted by Crippen LogP contribution is -2.15. The zero-order chi connectivity index (χ0) is 13.4. The van der Waals surface area contributed by atoms with Crippen LogP contribution in [0.1, 0.15) is 12.0 Å². The summed E-state index contributed by atoms with van der Waals surface area (Å²) >= 11 is 1.62. The molecule has 0 radical (unpaired) electrons. The third kappa shape index (κ3) is 3.83. The number of hydrogen-bond donors (Lipinski definition) is 1. The van der Waals surface area contributed by atoms with Gasteiger partial charge in [-0.3, -0.25) is 0 Å². The summed E-state index contributed by atoms with van der Waals surface area (Å²) < 4.78 is 10.7. The lowest BCUT2D eigenvalue weighted by Gasteiger charge is -2.14. The Morgan fingerprint density at radius 3 is 2.56 bits per heavy atom. The Hall–Kier alpha value is -1.38. The van der Waals surface area contributed by atoms with Crippen molar-refractivity contribution in [3.63, 3.8) is 0 Å². The molecule has 1 rings (SSSR count). The van der Waals surface area contributed by atoms with Crippen LogP contribution < -0.4 is 14.8 Å². The van der Waals surface area contributed by atoms with Crippen molar-refractivity contribution in [2.75, 3.05) is 27.0 Å². The molecule has 1 N–H and O–H groups in total. The maximum Gasteiger partial charge on any atom is 0.132 e. The van der Waals surface area contributed by atoms with Crippen LogP contribution in [0, 0.1) is 11.3 Å². The summed E-state index contributed by atoms with van der Waals surface area (Å²) in [7, 11) is 3.32. The van der Waals surface area contributed by atoms with E-state index in [1.807, 2.05) is 18.4 Å². The molecule has 4 nitrogen and oxygen atoms in total. The zero-order valence-corrected chi connectivity index (χ0v) is 11.8. The van der Waals surface area contributed by atoms with Crippen molar-refractivity contribution >= 4 is 11.8 Å². The van der Waals surface area contributed by atoms with E-state index in [0.29, 0.717) is 19.5 Å². The van der Waals surface area contributed by atoms with Gasteiger partial charge in [0.2, 0.25) is 0 Å². The molecule has 0 aromatic heterocycles. The summed E-state index contributed by atoms with van der Waals surface area (Å²) in [6.45, 7) is 1.34. The zero-order valence-electron chi connectivity index (χ0n) is 10.9. The van der Waals surface area contributed by atoms with Crippen molar-refractivity contribution in [2.24, 2.45) is 0 Å². The minimum atomic E-state index is 0.502. The first-order chi connectivity index (χ1) is 8.76. The molecule has 0 unspecified atom stereocenters. The summed E-state index contributed by atoms with van der Waals surface area (Å²) in [4.78, 5) is 1.05. The molecule has 0 spiro atoms. The van der Waals surface area contributed by atoms with Gasteiger partial charge in [-0.2, -0.15) is 5.26 Å². The van der Waals surface area contributed by atoms with Gasteiger partial charge in [0.05, 0.1) is 25.2 Å². The van der Waals surface area contributed by atoms with Gasteiger partial charge in [0.1, 0.15) is 11.5 Å². The van der Waals surface area contributed by atoms with Gasteiger partial charge in [-0.15, -0.1) is 11.8 Å². The molecule has 18 heavy (non-hydrogen) atoms. The predicted octanol–water partition coefficient (Wildman–Crippen LogP) is 2.43. The lowest BCUT2D eigenvalue weighted by atomic mass is 10.2. The Bertz CT molecular complexity index is 430. The highest BCUT2D eigenvalue weighted by Gasteiger charge is 2.10. The number of ether oxygens (including phenoxy) is 2. The molecule has 0 atom stereocenters. The molecule has 0 heterocycles. The molecule has 0 bridgehead atoms. The van der Waals surface area contributed by atoms with E-state index in [1.165, 1.54) is 0 Å². The quantitative estimate of drug-likeness (QED) is 0.607. The molecule has 0 saturated carbocycles. The van der Waals surface area contributed by atoms with Gasteiger partial charge >= 0.3 is 0 Å². The minimum Gasteiger partial charge on any atom is -0.496 e. The first-order valence-electron chi connectivity index (χ1n) is 5.63. The minimum absolute atomic E-state index is 0.502. The molecular formula is C13H18N2O2S. The largest absolute Gasteiger partial charge is 0.496 e. The fourth-order valence-corrected chi connectivity index (χ4v) is 2.17. The molecule has 0 fully saturated rings. The normalized spacial score (nSPS) is 9.89. The van der Waals surface area contributed by atoms with Crippen molar-refractivity contribution < 1.29 is 9.47 Å². The van der Waals surface area contributed by atoms with Crippen LogP contribution in [0.25, 0.3) is 0 Å². The van der Waals surface area contributed by atoms with Gasteiger partial charge in [-0.1, -0.05) is 0 Å². The Morgan fingerprint density at radius 2 is 2.00 bits per heavy atom. The predicted molar refractivity (Wildman–Crippen MR) is 73.3 cm³/mol. The third-order valence-electron chi connectivity index (χ3n) is 2.52. The van der Waals surface area contributed by atoms with E-state index in [0.717, 1.165) is 22.0 Å². The van der Waals surface area contributed by atoms with Crippen molar-refractivity contribution in [3.05, 3.63) is 17.7 Å². The number of benzene rings is 1. The maximum atomic E-state index is 8.48. The fourth-order valence-electron chi connectivity index (χ4n) is 1.60. The van der Waals surface area contributed by atoms with Gasteiger partial charge in [0.25, 0.3) is 0 Å². The smallest absolute Gasteiger partial charge is 0.132 e. The van der Waals surface area contributed by atoms with E-state index in [2.05, 4.69) is 11.4 Å². The Labute approximate surface area is 112 Å². The monoisotopic (exact) mass is 266 g/mol. The maximum absolute atomic E-state index is 8.48. The van der Waals surface area contributed by atoms with Crippen LogP contribution >= 0.6 is 11.8 Å². The Kier molecular flexibility index (Phi) is 6.40. The number of rotatable bonds is 7. The highest BCUT2D eigenvalue weighted by molar-refractivity contribution is 7.98. The molecule has 0 saturated heterocycles. The van der Waals surface area contributed by atoms with E-state index in [1.54, 1.807) is 26.0 Å². The molecule has 5 heteroatoms. The van der Waals surface area contributed by atoms with Crippen LogP contribution in [0.15, 0.2) is 17.0 Å². The standard InChI is InChI=1S/C13H18N2O2S/c1-16-11-8-13(18-3)12(17-2)7-10(11)9-15-6-4-5-14/h7-8,15H,4,6,9H2,1-3H3. The number of hydrogen-bond acceptors (Lipinski definition) is 5. The van der Waals surface area contributed by atoms with Crippen molar-refractivity contribution in [3.8, 4) is 17.6 Å². The van der Waals surface area contributed by atoms with E-state index in [-0.39, 0.29) is 0 Å². The second kappa shape index (κ2) is 7.85. The molecule has 0 amide bonds.